The van der Waals surface area contributed by atoms with Crippen molar-refractivity contribution in [2.24, 2.45) is 5.92 Å². The lowest BCUT2D eigenvalue weighted by atomic mass is 10.1. The first kappa shape index (κ1) is 15.2. The van der Waals surface area contributed by atoms with Gasteiger partial charge < -0.3 is 5.11 Å². The maximum Gasteiger partial charge on any atom is 0.345 e. The summed E-state index contributed by atoms with van der Waals surface area (Å²) >= 11 is 1.37. The SMILES string of the molecule is CCC(C)CN(CC)Cc1cc(C(=O)O)sc1C. The second kappa shape index (κ2) is 6.90. The summed E-state index contributed by atoms with van der Waals surface area (Å²) in [5, 5.41) is 8.99. The second-order valence-electron chi connectivity index (χ2n) is 4.84. The lowest BCUT2D eigenvalue weighted by molar-refractivity contribution is 0.0702. The minimum atomic E-state index is -0.820. The Balaban J connectivity index is 2.72. The maximum absolute atomic E-state index is 10.9. The van der Waals surface area contributed by atoms with Crippen molar-refractivity contribution in [1.82, 2.24) is 4.90 Å². The number of aromatic carboxylic acids is 1. The average Bonchev–Trinajstić information content (AvgIpc) is 2.70. The number of aryl methyl sites for hydroxylation is 1. The van der Waals surface area contributed by atoms with Crippen molar-refractivity contribution in [1.29, 1.82) is 0 Å². The van der Waals surface area contributed by atoms with E-state index in [1.807, 2.05) is 13.0 Å². The molecular formula is C14H23NO2S. The van der Waals surface area contributed by atoms with E-state index in [0.29, 0.717) is 10.8 Å². The Kier molecular flexibility index (Phi) is 5.82. The fraction of sp³-hybridized carbons (Fsp3) is 0.643. The number of hydrogen-bond donors (Lipinski definition) is 1. The van der Waals surface area contributed by atoms with E-state index < -0.39 is 5.97 Å². The smallest absolute Gasteiger partial charge is 0.345 e. The van der Waals surface area contributed by atoms with Crippen molar-refractivity contribution < 1.29 is 9.90 Å². The fourth-order valence-electron chi connectivity index (χ4n) is 1.90. The van der Waals surface area contributed by atoms with Crippen molar-refractivity contribution in [3.05, 3.63) is 21.4 Å². The van der Waals surface area contributed by atoms with E-state index in [1.165, 1.54) is 17.8 Å². The normalized spacial score (nSPS) is 12.9. The molecule has 1 atom stereocenters. The van der Waals surface area contributed by atoms with Crippen LogP contribution in [0.2, 0.25) is 0 Å². The van der Waals surface area contributed by atoms with E-state index in [9.17, 15) is 4.79 Å². The van der Waals surface area contributed by atoms with Gasteiger partial charge in [-0.1, -0.05) is 27.2 Å². The molecular weight excluding hydrogens is 246 g/mol. The number of carbonyl (C=O) groups is 1. The molecule has 0 aliphatic heterocycles. The van der Waals surface area contributed by atoms with Crippen molar-refractivity contribution in [3.63, 3.8) is 0 Å². The summed E-state index contributed by atoms with van der Waals surface area (Å²) in [7, 11) is 0. The van der Waals surface area contributed by atoms with E-state index in [2.05, 4.69) is 25.7 Å². The number of carboxylic acid groups (broad SMARTS) is 1. The number of hydrogen-bond acceptors (Lipinski definition) is 3. The summed E-state index contributed by atoms with van der Waals surface area (Å²) < 4.78 is 0. The van der Waals surface area contributed by atoms with Crippen LogP contribution >= 0.6 is 11.3 Å². The van der Waals surface area contributed by atoms with Crippen molar-refractivity contribution in [2.45, 2.75) is 40.7 Å². The van der Waals surface area contributed by atoms with Crippen molar-refractivity contribution >= 4 is 17.3 Å². The van der Waals surface area contributed by atoms with Crippen molar-refractivity contribution in [2.75, 3.05) is 13.1 Å². The van der Waals surface area contributed by atoms with Gasteiger partial charge in [-0.2, -0.15) is 0 Å². The summed E-state index contributed by atoms with van der Waals surface area (Å²) in [4.78, 5) is 14.9. The first-order chi connectivity index (χ1) is 8.47. The molecule has 0 saturated heterocycles. The molecule has 4 heteroatoms. The van der Waals surface area contributed by atoms with Crippen LogP contribution in [0.1, 0.15) is 47.3 Å². The molecule has 0 aliphatic carbocycles. The maximum atomic E-state index is 10.9. The van der Waals surface area contributed by atoms with Crippen LogP contribution in [0.3, 0.4) is 0 Å². The highest BCUT2D eigenvalue weighted by molar-refractivity contribution is 7.14. The minimum Gasteiger partial charge on any atom is -0.477 e. The lowest BCUT2D eigenvalue weighted by Crippen LogP contribution is -2.27. The highest BCUT2D eigenvalue weighted by Crippen LogP contribution is 2.23. The Labute approximate surface area is 113 Å². The average molecular weight is 269 g/mol. The van der Waals surface area contributed by atoms with Crippen LogP contribution in [-0.2, 0) is 6.54 Å². The quantitative estimate of drug-likeness (QED) is 0.822. The molecule has 1 rings (SSSR count). The van der Waals surface area contributed by atoms with Gasteiger partial charge in [0, 0.05) is 18.0 Å². The Morgan fingerprint density at radius 3 is 2.61 bits per heavy atom. The summed E-state index contributed by atoms with van der Waals surface area (Å²) in [6.07, 6.45) is 1.18. The standard InChI is InChI=1S/C14H23NO2S/c1-5-10(3)8-15(6-2)9-12-7-13(14(16)17)18-11(12)4/h7,10H,5-6,8-9H2,1-4H3,(H,16,17). The summed E-state index contributed by atoms with van der Waals surface area (Å²) in [6, 6.07) is 1.82. The highest BCUT2D eigenvalue weighted by atomic mass is 32.1. The molecule has 1 N–H and O–H groups in total. The summed E-state index contributed by atoms with van der Waals surface area (Å²) in [6.45, 7) is 11.6. The molecule has 0 spiro atoms. The predicted octanol–water partition coefficient (Wildman–Crippen LogP) is 3.62. The zero-order chi connectivity index (χ0) is 13.7. The van der Waals surface area contributed by atoms with Crippen LogP contribution in [0.4, 0.5) is 0 Å². The summed E-state index contributed by atoms with van der Waals surface area (Å²) in [5.74, 6) is -0.137. The third-order valence-corrected chi connectivity index (χ3v) is 4.42. The molecule has 0 bridgehead atoms. The van der Waals surface area contributed by atoms with Gasteiger partial charge in [0.25, 0.3) is 0 Å². The molecule has 0 saturated carbocycles. The number of rotatable bonds is 7. The third-order valence-electron chi connectivity index (χ3n) is 3.34. The molecule has 102 valence electrons. The first-order valence-corrected chi connectivity index (χ1v) is 7.34. The number of nitrogens with zero attached hydrogens (tertiary/aromatic N) is 1. The second-order valence-corrected chi connectivity index (χ2v) is 6.09. The van der Waals surface area contributed by atoms with Gasteiger partial charge in [0.05, 0.1) is 0 Å². The largest absolute Gasteiger partial charge is 0.477 e. The van der Waals surface area contributed by atoms with Gasteiger partial charge in [-0.15, -0.1) is 11.3 Å². The van der Waals surface area contributed by atoms with Crippen LogP contribution in [0.25, 0.3) is 0 Å². The minimum absolute atomic E-state index is 0.446. The molecule has 0 aliphatic rings. The topological polar surface area (TPSA) is 40.5 Å². The van der Waals surface area contributed by atoms with Gasteiger partial charge in [0.1, 0.15) is 4.88 Å². The molecule has 0 radical (unpaired) electrons. The molecule has 0 aromatic carbocycles. The van der Waals surface area contributed by atoms with Crippen LogP contribution in [0.5, 0.6) is 0 Å². The van der Waals surface area contributed by atoms with Gasteiger partial charge in [0.15, 0.2) is 0 Å². The highest BCUT2D eigenvalue weighted by Gasteiger charge is 2.14. The monoisotopic (exact) mass is 269 g/mol. The number of thiophene rings is 1. The zero-order valence-corrected chi connectivity index (χ0v) is 12.5. The summed E-state index contributed by atoms with van der Waals surface area (Å²) in [5.41, 5.74) is 1.16. The molecule has 1 unspecified atom stereocenters. The van der Waals surface area contributed by atoms with Gasteiger partial charge in [-0.3, -0.25) is 4.90 Å². The molecule has 18 heavy (non-hydrogen) atoms. The molecule has 1 aromatic heterocycles. The Morgan fingerprint density at radius 1 is 1.50 bits per heavy atom. The van der Waals surface area contributed by atoms with E-state index in [4.69, 9.17) is 5.11 Å². The molecule has 1 heterocycles. The predicted molar refractivity (Wildman–Crippen MR) is 76.4 cm³/mol. The first-order valence-electron chi connectivity index (χ1n) is 6.52. The van der Waals surface area contributed by atoms with Crippen LogP contribution in [-0.4, -0.2) is 29.1 Å². The molecule has 0 amide bonds. The van der Waals surface area contributed by atoms with E-state index in [1.54, 1.807) is 0 Å². The van der Waals surface area contributed by atoms with E-state index in [0.717, 1.165) is 30.1 Å². The number of carboxylic acids is 1. The molecule has 0 fully saturated rings. The fourth-order valence-corrected chi connectivity index (χ4v) is 2.77. The van der Waals surface area contributed by atoms with E-state index in [-0.39, 0.29) is 0 Å². The van der Waals surface area contributed by atoms with Gasteiger partial charge in [0.2, 0.25) is 0 Å². The Bertz CT molecular complexity index is 400. The molecule has 1 aromatic rings. The van der Waals surface area contributed by atoms with Crippen LogP contribution in [0.15, 0.2) is 6.07 Å². The van der Waals surface area contributed by atoms with E-state index >= 15 is 0 Å². The third kappa shape index (κ3) is 4.10. The van der Waals surface area contributed by atoms with Gasteiger partial charge in [-0.05, 0) is 31.0 Å². The van der Waals surface area contributed by atoms with Crippen molar-refractivity contribution in [3.8, 4) is 0 Å². The van der Waals surface area contributed by atoms with Crippen LogP contribution < -0.4 is 0 Å². The zero-order valence-electron chi connectivity index (χ0n) is 11.7. The lowest BCUT2D eigenvalue weighted by Gasteiger charge is -2.23. The Hall–Kier alpha value is -0.870. The Morgan fingerprint density at radius 2 is 2.17 bits per heavy atom. The van der Waals surface area contributed by atoms with Gasteiger partial charge in [-0.25, -0.2) is 4.79 Å². The van der Waals surface area contributed by atoms with Crippen LogP contribution in [0, 0.1) is 12.8 Å². The molecule has 3 nitrogen and oxygen atoms in total. The van der Waals surface area contributed by atoms with Gasteiger partial charge >= 0.3 is 5.97 Å².